The van der Waals surface area contributed by atoms with E-state index in [-0.39, 0.29) is 37.2 Å². The third-order valence-electron chi connectivity index (χ3n) is 5.95. The summed E-state index contributed by atoms with van der Waals surface area (Å²) in [6.45, 7) is 8.99. The van der Waals surface area contributed by atoms with Gasteiger partial charge in [-0.25, -0.2) is 8.42 Å². The highest BCUT2D eigenvalue weighted by Crippen LogP contribution is 2.23. The normalized spacial score (nSPS) is 12.1. The molecule has 2 rings (SSSR count). The molecule has 0 spiro atoms. The van der Waals surface area contributed by atoms with Gasteiger partial charge < -0.3 is 19.7 Å². The van der Waals surface area contributed by atoms with Gasteiger partial charge in [0.25, 0.3) is 0 Å². The average Bonchev–Trinajstić information content (AvgIpc) is 2.88. The largest absolute Gasteiger partial charge is 0.497 e. The van der Waals surface area contributed by atoms with Gasteiger partial charge in [-0.2, -0.15) is 0 Å². The van der Waals surface area contributed by atoms with Gasteiger partial charge in [-0.05, 0) is 68.1 Å². The molecule has 2 aromatic rings. The van der Waals surface area contributed by atoms with Crippen LogP contribution in [0, 0.1) is 5.92 Å². The Labute approximate surface area is 227 Å². The molecule has 0 saturated carbocycles. The molecule has 0 aliphatic rings. The van der Waals surface area contributed by atoms with E-state index in [1.165, 1.54) is 4.31 Å². The second kappa shape index (κ2) is 14.6. The van der Waals surface area contributed by atoms with Crippen molar-refractivity contribution in [2.45, 2.75) is 53.1 Å². The monoisotopic (exact) mass is 547 g/mol. The zero-order valence-corrected chi connectivity index (χ0v) is 24.1. The smallest absolute Gasteiger partial charge is 0.242 e. The van der Waals surface area contributed by atoms with E-state index in [0.29, 0.717) is 36.8 Å². The quantitative estimate of drug-likeness (QED) is 0.363. The second-order valence-corrected chi connectivity index (χ2v) is 11.5. The average molecular weight is 548 g/mol. The van der Waals surface area contributed by atoms with Crippen LogP contribution in [0.1, 0.15) is 46.1 Å². The van der Waals surface area contributed by atoms with Crippen molar-refractivity contribution < 1.29 is 27.5 Å². The van der Waals surface area contributed by atoms with E-state index in [1.807, 2.05) is 45.0 Å². The molecule has 0 radical (unpaired) electrons. The number of carbonyl (C=O) groups is 2. The molecule has 1 N–H and O–H groups in total. The summed E-state index contributed by atoms with van der Waals surface area (Å²) in [4.78, 5) is 27.8. The fourth-order valence-electron chi connectivity index (χ4n) is 3.84. The molecule has 0 saturated heterocycles. The molecule has 0 heterocycles. The number of benzene rings is 2. The predicted molar refractivity (Wildman–Crippen MR) is 150 cm³/mol. The Morgan fingerprint density at radius 2 is 1.58 bits per heavy atom. The summed E-state index contributed by atoms with van der Waals surface area (Å²) < 4.78 is 36.9. The molecule has 0 fully saturated rings. The lowest BCUT2D eigenvalue weighted by Crippen LogP contribution is -2.48. The summed E-state index contributed by atoms with van der Waals surface area (Å²) in [5.41, 5.74) is 1.36. The second-order valence-electron chi connectivity index (χ2n) is 9.55. The van der Waals surface area contributed by atoms with E-state index in [0.717, 1.165) is 11.8 Å². The van der Waals surface area contributed by atoms with Crippen LogP contribution in [0.2, 0.25) is 0 Å². The molecule has 38 heavy (non-hydrogen) atoms. The lowest BCUT2D eigenvalue weighted by atomic mass is 10.1. The van der Waals surface area contributed by atoms with Crippen molar-refractivity contribution in [2.24, 2.45) is 5.92 Å². The highest BCUT2D eigenvalue weighted by atomic mass is 32.2. The molecule has 0 aliphatic carbocycles. The van der Waals surface area contributed by atoms with Crippen molar-refractivity contribution in [3.63, 3.8) is 0 Å². The zero-order valence-electron chi connectivity index (χ0n) is 23.3. The van der Waals surface area contributed by atoms with Gasteiger partial charge in [-0.15, -0.1) is 0 Å². The van der Waals surface area contributed by atoms with Gasteiger partial charge in [0.15, 0.2) is 0 Å². The molecule has 0 unspecified atom stereocenters. The molecular formula is C28H41N3O6S. The van der Waals surface area contributed by atoms with Crippen LogP contribution in [0.25, 0.3) is 0 Å². The third-order valence-corrected chi connectivity index (χ3v) is 7.15. The lowest BCUT2D eigenvalue weighted by molar-refractivity contribution is -0.140. The highest BCUT2D eigenvalue weighted by molar-refractivity contribution is 7.92. The number of rotatable bonds is 15. The highest BCUT2D eigenvalue weighted by Gasteiger charge is 2.26. The van der Waals surface area contributed by atoms with E-state index in [2.05, 4.69) is 5.32 Å². The minimum absolute atomic E-state index is 0.0843. The van der Waals surface area contributed by atoms with Crippen molar-refractivity contribution in [1.82, 2.24) is 10.2 Å². The van der Waals surface area contributed by atoms with Gasteiger partial charge in [0, 0.05) is 26.1 Å². The van der Waals surface area contributed by atoms with Gasteiger partial charge in [0.2, 0.25) is 21.8 Å². The SMILES string of the molecule is CCOc1ccc(N(CCCC(=O)N(Cc2ccc(OC)cc2)[C@@H](C)C(=O)NCC(C)C)S(C)(=O)=O)cc1. The molecular weight excluding hydrogens is 506 g/mol. The molecule has 2 amide bonds. The van der Waals surface area contributed by atoms with Crippen molar-refractivity contribution in [3.8, 4) is 11.5 Å². The van der Waals surface area contributed by atoms with Gasteiger partial charge in [-0.1, -0.05) is 26.0 Å². The van der Waals surface area contributed by atoms with E-state index < -0.39 is 16.1 Å². The first-order chi connectivity index (χ1) is 18.0. The number of methoxy groups -OCH3 is 1. The Balaban J connectivity index is 2.15. The van der Waals surface area contributed by atoms with Crippen molar-refractivity contribution in [2.75, 3.05) is 37.4 Å². The maximum atomic E-state index is 13.4. The Bertz CT molecular complexity index is 1130. The molecule has 1 atom stereocenters. The fourth-order valence-corrected chi connectivity index (χ4v) is 4.81. The van der Waals surface area contributed by atoms with Crippen LogP contribution in [0.15, 0.2) is 48.5 Å². The van der Waals surface area contributed by atoms with Crippen LogP contribution in [-0.4, -0.2) is 64.2 Å². The summed E-state index contributed by atoms with van der Waals surface area (Å²) in [6, 6.07) is 13.4. The van der Waals surface area contributed by atoms with Gasteiger partial charge >= 0.3 is 0 Å². The number of ether oxygens (including phenoxy) is 2. The van der Waals surface area contributed by atoms with Gasteiger partial charge in [0.05, 0.1) is 25.7 Å². The third kappa shape index (κ3) is 9.55. The van der Waals surface area contributed by atoms with Crippen molar-refractivity contribution in [1.29, 1.82) is 0 Å². The Hall–Kier alpha value is -3.27. The van der Waals surface area contributed by atoms with Crippen LogP contribution in [0.5, 0.6) is 11.5 Å². The van der Waals surface area contributed by atoms with E-state index in [9.17, 15) is 18.0 Å². The number of sulfonamides is 1. The number of carbonyl (C=O) groups excluding carboxylic acids is 2. The Morgan fingerprint density at radius 3 is 2.11 bits per heavy atom. The van der Waals surface area contributed by atoms with E-state index >= 15 is 0 Å². The number of anilines is 1. The minimum atomic E-state index is -3.57. The standard InChI is InChI=1S/C28H41N3O6S/c1-7-37-26-16-12-24(13-17-26)31(38(6,34)35)18-8-9-27(32)30(22(4)28(33)29-19-21(2)3)20-23-10-14-25(36-5)15-11-23/h10-17,21-22H,7-9,18-20H2,1-6H3,(H,29,33)/t22-/m0/s1. The molecule has 210 valence electrons. The maximum absolute atomic E-state index is 13.4. The lowest BCUT2D eigenvalue weighted by Gasteiger charge is -2.29. The van der Waals surface area contributed by atoms with Crippen LogP contribution in [-0.2, 0) is 26.2 Å². The number of hydrogen-bond donors (Lipinski definition) is 1. The molecule has 2 aromatic carbocycles. The number of hydrogen-bond acceptors (Lipinski definition) is 6. The minimum Gasteiger partial charge on any atom is -0.497 e. The van der Waals surface area contributed by atoms with Crippen molar-refractivity contribution in [3.05, 3.63) is 54.1 Å². The summed E-state index contributed by atoms with van der Waals surface area (Å²) in [7, 11) is -1.99. The molecule has 0 aromatic heterocycles. The first-order valence-electron chi connectivity index (χ1n) is 12.9. The zero-order chi connectivity index (χ0) is 28.3. The predicted octanol–water partition coefficient (Wildman–Crippen LogP) is 3.83. The number of nitrogens with one attached hydrogen (secondary N) is 1. The Kier molecular flexibility index (Phi) is 11.9. The molecule has 9 nitrogen and oxygen atoms in total. The van der Waals surface area contributed by atoms with Crippen LogP contribution < -0.4 is 19.1 Å². The topological polar surface area (TPSA) is 105 Å². The van der Waals surface area contributed by atoms with E-state index in [4.69, 9.17) is 9.47 Å². The molecule has 10 heteroatoms. The van der Waals surface area contributed by atoms with Crippen LogP contribution >= 0.6 is 0 Å². The summed E-state index contributed by atoms with van der Waals surface area (Å²) in [5.74, 6) is 1.17. The van der Waals surface area contributed by atoms with Gasteiger partial charge in [0.1, 0.15) is 17.5 Å². The number of amides is 2. The van der Waals surface area contributed by atoms with Crippen LogP contribution in [0.3, 0.4) is 0 Å². The van der Waals surface area contributed by atoms with Gasteiger partial charge in [-0.3, -0.25) is 13.9 Å². The first kappa shape index (κ1) is 31.0. The summed E-state index contributed by atoms with van der Waals surface area (Å²) in [6.07, 6.45) is 1.52. The van der Waals surface area contributed by atoms with Crippen LogP contribution in [0.4, 0.5) is 5.69 Å². The molecule has 0 aliphatic heterocycles. The van der Waals surface area contributed by atoms with Crippen molar-refractivity contribution >= 4 is 27.5 Å². The summed E-state index contributed by atoms with van der Waals surface area (Å²) >= 11 is 0. The fraction of sp³-hybridized carbons (Fsp3) is 0.500. The number of nitrogens with zero attached hydrogens (tertiary/aromatic N) is 2. The maximum Gasteiger partial charge on any atom is 0.242 e. The Morgan fingerprint density at radius 1 is 0.974 bits per heavy atom. The van der Waals surface area contributed by atoms with E-state index in [1.54, 1.807) is 43.2 Å². The summed E-state index contributed by atoms with van der Waals surface area (Å²) in [5, 5.41) is 2.90. The molecule has 0 bridgehead atoms. The first-order valence-corrected chi connectivity index (χ1v) is 14.7.